The van der Waals surface area contributed by atoms with Crippen LogP contribution in [0.1, 0.15) is 25.7 Å². The van der Waals surface area contributed by atoms with Gasteiger partial charge in [0.2, 0.25) is 0 Å². The first-order valence-electron chi connectivity index (χ1n) is 6.29. The van der Waals surface area contributed by atoms with Crippen LogP contribution in [0.25, 0.3) is 0 Å². The molecule has 0 amide bonds. The van der Waals surface area contributed by atoms with Crippen LogP contribution in [-0.4, -0.2) is 48.3 Å². The molecular formula is C12H23NOS2. The van der Waals surface area contributed by atoms with Gasteiger partial charge in [0.15, 0.2) is 0 Å². The molecule has 0 aromatic heterocycles. The molecule has 2 heterocycles. The van der Waals surface area contributed by atoms with Crippen LogP contribution in [0, 0.1) is 0 Å². The molecule has 94 valence electrons. The average molecular weight is 261 g/mol. The third kappa shape index (κ3) is 3.56. The van der Waals surface area contributed by atoms with Crippen LogP contribution in [0.4, 0.5) is 0 Å². The first-order chi connectivity index (χ1) is 7.85. The number of thioether (sulfide) groups is 2. The van der Waals surface area contributed by atoms with Gasteiger partial charge in [0.25, 0.3) is 0 Å². The van der Waals surface area contributed by atoms with E-state index >= 15 is 0 Å². The molecule has 0 aromatic rings. The minimum Gasteiger partial charge on any atom is -0.381 e. The smallest absolute Gasteiger partial charge is 0.0479 e. The molecule has 0 aromatic carbocycles. The molecule has 2 saturated heterocycles. The van der Waals surface area contributed by atoms with E-state index in [0.29, 0.717) is 4.75 Å². The molecule has 4 heteroatoms. The Kier molecular flexibility index (Phi) is 5.33. The van der Waals surface area contributed by atoms with Crippen LogP contribution in [0.15, 0.2) is 0 Å². The van der Waals surface area contributed by atoms with Crippen LogP contribution >= 0.6 is 23.5 Å². The Hall–Kier alpha value is 0.620. The zero-order valence-electron chi connectivity index (χ0n) is 10.2. The summed E-state index contributed by atoms with van der Waals surface area (Å²) in [6.07, 6.45) is 7.38. The Morgan fingerprint density at radius 3 is 2.62 bits per heavy atom. The maximum atomic E-state index is 5.47. The lowest BCUT2D eigenvalue weighted by Gasteiger charge is -2.37. The largest absolute Gasteiger partial charge is 0.381 e. The van der Waals surface area contributed by atoms with Crippen molar-refractivity contribution in [3.63, 3.8) is 0 Å². The molecule has 2 rings (SSSR count). The predicted octanol–water partition coefficient (Wildman–Crippen LogP) is 2.38. The van der Waals surface area contributed by atoms with Gasteiger partial charge in [-0.25, -0.2) is 0 Å². The van der Waals surface area contributed by atoms with Crippen molar-refractivity contribution in [2.45, 2.75) is 36.5 Å². The summed E-state index contributed by atoms with van der Waals surface area (Å²) < 4.78 is 5.92. The molecule has 2 aliphatic rings. The summed E-state index contributed by atoms with van der Waals surface area (Å²) in [6, 6.07) is 0.771. The highest BCUT2D eigenvalue weighted by molar-refractivity contribution is 8.00. The lowest BCUT2D eigenvalue weighted by atomic mass is 9.98. The molecule has 0 atom stereocenters. The maximum absolute atomic E-state index is 5.47. The van der Waals surface area contributed by atoms with Crippen LogP contribution in [0.5, 0.6) is 0 Å². The Labute approximate surface area is 108 Å². The van der Waals surface area contributed by atoms with E-state index in [-0.39, 0.29) is 0 Å². The van der Waals surface area contributed by atoms with Crippen molar-refractivity contribution >= 4 is 23.5 Å². The van der Waals surface area contributed by atoms with E-state index in [1.54, 1.807) is 0 Å². The third-order valence-electron chi connectivity index (χ3n) is 3.77. The van der Waals surface area contributed by atoms with Gasteiger partial charge in [-0.3, -0.25) is 0 Å². The monoisotopic (exact) mass is 261 g/mol. The highest BCUT2D eigenvalue weighted by Gasteiger charge is 2.32. The van der Waals surface area contributed by atoms with E-state index < -0.39 is 0 Å². The van der Waals surface area contributed by atoms with Crippen molar-refractivity contribution in [2.75, 3.05) is 37.5 Å². The van der Waals surface area contributed by atoms with E-state index in [1.807, 2.05) is 11.8 Å². The Morgan fingerprint density at radius 2 is 2.00 bits per heavy atom. The molecular weight excluding hydrogens is 238 g/mol. The minimum atomic E-state index is 0.447. The first kappa shape index (κ1) is 13.1. The summed E-state index contributed by atoms with van der Waals surface area (Å²) >= 11 is 4.13. The van der Waals surface area contributed by atoms with Crippen molar-refractivity contribution in [1.82, 2.24) is 5.32 Å². The lowest BCUT2D eigenvalue weighted by molar-refractivity contribution is 0.0764. The fraction of sp³-hybridized carbons (Fsp3) is 1.00. The van der Waals surface area contributed by atoms with Crippen LogP contribution < -0.4 is 5.32 Å². The summed E-state index contributed by atoms with van der Waals surface area (Å²) in [5.74, 6) is 2.68. The summed E-state index contributed by atoms with van der Waals surface area (Å²) in [5.41, 5.74) is 0. The topological polar surface area (TPSA) is 21.3 Å². The van der Waals surface area contributed by atoms with Crippen molar-refractivity contribution < 1.29 is 4.74 Å². The number of hydrogen-bond acceptors (Lipinski definition) is 4. The third-order valence-corrected chi connectivity index (χ3v) is 6.24. The van der Waals surface area contributed by atoms with E-state index in [0.717, 1.165) is 19.3 Å². The van der Waals surface area contributed by atoms with Crippen molar-refractivity contribution in [1.29, 1.82) is 0 Å². The van der Waals surface area contributed by atoms with Crippen molar-refractivity contribution in [3.8, 4) is 0 Å². The molecule has 0 unspecified atom stereocenters. The zero-order chi connectivity index (χ0) is 11.3. The molecule has 0 bridgehead atoms. The normalized spacial score (nSPS) is 26.8. The number of hydrogen-bond donors (Lipinski definition) is 1. The number of ether oxygens (including phenoxy) is 1. The Bertz CT molecular complexity index is 201. The van der Waals surface area contributed by atoms with Gasteiger partial charge < -0.3 is 10.1 Å². The summed E-state index contributed by atoms with van der Waals surface area (Å²) in [5, 5.41) is 3.79. The molecule has 0 saturated carbocycles. The molecule has 2 fully saturated rings. The van der Waals surface area contributed by atoms with Crippen molar-refractivity contribution in [2.24, 2.45) is 0 Å². The fourth-order valence-corrected chi connectivity index (χ4v) is 4.34. The molecule has 1 N–H and O–H groups in total. The van der Waals surface area contributed by atoms with Gasteiger partial charge in [0, 0.05) is 30.5 Å². The SMILES string of the molecule is CSC1(CNC2CCSCC2)CCOCC1. The quantitative estimate of drug-likeness (QED) is 0.838. The predicted molar refractivity (Wildman–Crippen MR) is 74.6 cm³/mol. The second-order valence-corrected chi connectivity index (χ2v) is 7.27. The Balaban J connectivity index is 1.77. The summed E-state index contributed by atoms with van der Waals surface area (Å²) in [7, 11) is 0. The first-order valence-corrected chi connectivity index (χ1v) is 8.67. The van der Waals surface area contributed by atoms with Crippen LogP contribution in [0.2, 0.25) is 0 Å². The highest BCUT2D eigenvalue weighted by Crippen LogP contribution is 2.33. The van der Waals surface area contributed by atoms with Gasteiger partial charge in [0.1, 0.15) is 0 Å². The van der Waals surface area contributed by atoms with Crippen molar-refractivity contribution in [3.05, 3.63) is 0 Å². The Morgan fingerprint density at radius 1 is 1.31 bits per heavy atom. The molecule has 2 nitrogen and oxygen atoms in total. The molecule has 0 radical (unpaired) electrons. The van der Waals surface area contributed by atoms with E-state index in [4.69, 9.17) is 4.74 Å². The van der Waals surface area contributed by atoms with Gasteiger partial charge in [0.05, 0.1) is 0 Å². The standard InChI is InChI=1S/C12H23NOS2/c1-15-12(4-6-14-7-5-12)10-13-11-2-8-16-9-3-11/h11,13H,2-10H2,1H3. The van der Waals surface area contributed by atoms with Crippen LogP contribution in [-0.2, 0) is 4.74 Å². The average Bonchev–Trinajstić information content (AvgIpc) is 2.39. The van der Waals surface area contributed by atoms with Crippen LogP contribution in [0.3, 0.4) is 0 Å². The second-order valence-electron chi connectivity index (χ2n) is 4.77. The molecule has 0 aliphatic carbocycles. The number of rotatable bonds is 4. The number of nitrogens with one attached hydrogen (secondary N) is 1. The molecule has 0 spiro atoms. The summed E-state index contributed by atoms with van der Waals surface area (Å²) in [4.78, 5) is 0. The minimum absolute atomic E-state index is 0.447. The molecule has 16 heavy (non-hydrogen) atoms. The van der Waals surface area contributed by atoms with E-state index in [1.165, 1.54) is 43.7 Å². The van der Waals surface area contributed by atoms with Gasteiger partial charge in [-0.05, 0) is 43.4 Å². The highest BCUT2D eigenvalue weighted by atomic mass is 32.2. The van der Waals surface area contributed by atoms with Gasteiger partial charge in [-0.1, -0.05) is 0 Å². The lowest BCUT2D eigenvalue weighted by Crippen LogP contribution is -2.46. The van der Waals surface area contributed by atoms with E-state index in [2.05, 4.69) is 23.3 Å². The van der Waals surface area contributed by atoms with Gasteiger partial charge in [-0.15, -0.1) is 0 Å². The summed E-state index contributed by atoms with van der Waals surface area (Å²) in [6.45, 7) is 3.07. The second kappa shape index (κ2) is 6.53. The van der Waals surface area contributed by atoms with Gasteiger partial charge >= 0.3 is 0 Å². The molecule has 2 aliphatic heterocycles. The fourth-order valence-electron chi connectivity index (χ4n) is 2.43. The maximum Gasteiger partial charge on any atom is 0.0479 e. The van der Waals surface area contributed by atoms with Gasteiger partial charge in [-0.2, -0.15) is 23.5 Å². The zero-order valence-corrected chi connectivity index (χ0v) is 11.8. The van der Waals surface area contributed by atoms with E-state index in [9.17, 15) is 0 Å².